The molecule has 1 amide bonds. The molecule has 0 bridgehead atoms. The summed E-state index contributed by atoms with van der Waals surface area (Å²) in [4.78, 5) is 12.1. The van der Waals surface area contributed by atoms with E-state index in [1.165, 1.54) is 30.4 Å². The minimum Gasteiger partial charge on any atom is -0.399 e. The number of carbonyl (C=O) groups is 1. The van der Waals surface area contributed by atoms with E-state index in [-0.39, 0.29) is 24.4 Å². The first-order chi connectivity index (χ1) is 9.72. The number of hydrogen-bond donors (Lipinski definition) is 2. The van der Waals surface area contributed by atoms with E-state index in [4.69, 9.17) is 5.73 Å². The largest absolute Gasteiger partial charge is 0.399 e. The number of carbonyl (C=O) groups excluding carboxylic acids is 1. The lowest BCUT2D eigenvalue weighted by molar-refractivity contribution is -0.122. The van der Waals surface area contributed by atoms with Gasteiger partial charge in [0, 0.05) is 12.1 Å². The van der Waals surface area contributed by atoms with Gasteiger partial charge in [-0.2, -0.15) is 0 Å². The number of benzene rings is 1. The van der Waals surface area contributed by atoms with Crippen molar-refractivity contribution < 1.29 is 4.79 Å². The lowest BCUT2D eigenvalue weighted by Crippen LogP contribution is -2.31. The predicted molar refractivity (Wildman–Crippen MR) is 88.5 cm³/mol. The van der Waals surface area contributed by atoms with E-state index in [2.05, 4.69) is 17.4 Å². The highest BCUT2D eigenvalue weighted by Crippen LogP contribution is 2.32. The van der Waals surface area contributed by atoms with Crippen LogP contribution in [0.3, 0.4) is 0 Å². The number of nitrogens with one attached hydrogen (secondary N) is 1. The summed E-state index contributed by atoms with van der Waals surface area (Å²) in [6.07, 6.45) is 8.99. The van der Waals surface area contributed by atoms with Crippen LogP contribution in [0, 0.1) is 5.92 Å². The summed E-state index contributed by atoms with van der Waals surface area (Å²) in [5.74, 6) is 1.02. The summed E-state index contributed by atoms with van der Waals surface area (Å²) in [6.45, 7) is 0. The number of anilines is 1. The van der Waals surface area contributed by atoms with E-state index < -0.39 is 0 Å². The fourth-order valence-electron chi connectivity index (χ4n) is 3.37. The van der Waals surface area contributed by atoms with Crippen LogP contribution in [0.1, 0.15) is 62.1 Å². The number of fused-ring (bicyclic) bond motifs is 1. The molecular weight excluding hydrogens is 284 g/mol. The van der Waals surface area contributed by atoms with Gasteiger partial charge in [-0.1, -0.05) is 25.3 Å². The summed E-state index contributed by atoms with van der Waals surface area (Å²) in [5, 5.41) is 3.22. The molecule has 0 heterocycles. The van der Waals surface area contributed by atoms with Crippen molar-refractivity contribution in [3.63, 3.8) is 0 Å². The van der Waals surface area contributed by atoms with Crippen molar-refractivity contribution >= 4 is 24.0 Å². The minimum atomic E-state index is 0. The summed E-state index contributed by atoms with van der Waals surface area (Å²) in [5.41, 5.74) is 9.24. The molecule has 1 saturated carbocycles. The van der Waals surface area contributed by atoms with Crippen molar-refractivity contribution in [2.75, 3.05) is 5.73 Å². The molecule has 1 unspecified atom stereocenters. The second-order valence-electron chi connectivity index (χ2n) is 6.31. The maximum absolute atomic E-state index is 12.1. The van der Waals surface area contributed by atoms with E-state index >= 15 is 0 Å². The Morgan fingerprint density at radius 3 is 2.76 bits per heavy atom. The van der Waals surface area contributed by atoms with Gasteiger partial charge in [-0.25, -0.2) is 0 Å². The number of amides is 1. The van der Waals surface area contributed by atoms with Crippen molar-refractivity contribution in [3.05, 3.63) is 29.3 Å². The van der Waals surface area contributed by atoms with Crippen LogP contribution in [-0.4, -0.2) is 5.91 Å². The van der Waals surface area contributed by atoms with Crippen LogP contribution >= 0.6 is 12.4 Å². The zero-order valence-corrected chi connectivity index (χ0v) is 13.3. The Labute approximate surface area is 133 Å². The summed E-state index contributed by atoms with van der Waals surface area (Å²) in [6, 6.07) is 6.27. The smallest absolute Gasteiger partial charge is 0.220 e. The molecule has 2 aliphatic carbocycles. The normalized spacial score (nSPS) is 20.9. The topological polar surface area (TPSA) is 55.1 Å². The standard InChI is InChI=1S/C17H24N2O.ClH/c18-14-8-9-15-13(11-14)5-2-6-16(15)19-17(20)10-7-12-3-1-4-12;/h8-9,11-12,16H,1-7,10,18H2,(H,19,20);1H. The number of nitrogens with two attached hydrogens (primary N) is 1. The molecule has 0 aromatic heterocycles. The van der Waals surface area contributed by atoms with Crippen LogP contribution in [0.25, 0.3) is 0 Å². The monoisotopic (exact) mass is 308 g/mol. The Balaban J connectivity index is 0.00000161. The molecule has 3 rings (SSSR count). The molecule has 3 N–H and O–H groups in total. The van der Waals surface area contributed by atoms with Crippen LogP contribution in [0.2, 0.25) is 0 Å². The van der Waals surface area contributed by atoms with E-state index in [1.54, 1.807) is 0 Å². The molecule has 0 spiro atoms. The van der Waals surface area contributed by atoms with Crippen LogP contribution in [0.5, 0.6) is 0 Å². The maximum atomic E-state index is 12.1. The van der Waals surface area contributed by atoms with Gasteiger partial charge in [0.15, 0.2) is 0 Å². The molecule has 1 aromatic carbocycles. The van der Waals surface area contributed by atoms with Crippen molar-refractivity contribution in [2.24, 2.45) is 5.92 Å². The fraction of sp³-hybridized carbons (Fsp3) is 0.588. The van der Waals surface area contributed by atoms with Gasteiger partial charge in [0.2, 0.25) is 5.91 Å². The molecule has 0 aliphatic heterocycles. The third kappa shape index (κ3) is 3.91. The minimum absolute atomic E-state index is 0. The van der Waals surface area contributed by atoms with Crippen LogP contribution < -0.4 is 11.1 Å². The highest BCUT2D eigenvalue weighted by atomic mass is 35.5. The van der Waals surface area contributed by atoms with Crippen molar-refractivity contribution in [2.45, 2.75) is 57.4 Å². The van der Waals surface area contributed by atoms with E-state index in [0.29, 0.717) is 6.42 Å². The van der Waals surface area contributed by atoms with E-state index in [0.717, 1.165) is 37.3 Å². The quantitative estimate of drug-likeness (QED) is 0.832. The Hall–Kier alpha value is -1.22. The Kier molecular flexibility index (Phi) is 5.51. The molecule has 1 fully saturated rings. The van der Waals surface area contributed by atoms with Gasteiger partial charge < -0.3 is 11.1 Å². The summed E-state index contributed by atoms with van der Waals surface area (Å²) in [7, 11) is 0. The van der Waals surface area contributed by atoms with Crippen LogP contribution in [-0.2, 0) is 11.2 Å². The first-order valence-corrected chi connectivity index (χ1v) is 7.90. The predicted octanol–water partition coefficient (Wildman–Crippen LogP) is 3.76. The first kappa shape index (κ1) is 16.2. The summed E-state index contributed by atoms with van der Waals surface area (Å²) >= 11 is 0. The zero-order chi connectivity index (χ0) is 13.9. The molecule has 2 aliphatic rings. The van der Waals surface area contributed by atoms with E-state index in [9.17, 15) is 4.79 Å². The van der Waals surface area contributed by atoms with Crippen molar-refractivity contribution in [1.82, 2.24) is 5.32 Å². The van der Waals surface area contributed by atoms with Gasteiger partial charge >= 0.3 is 0 Å². The number of rotatable bonds is 4. The zero-order valence-electron chi connectivity index (χ0n) is 12.4. The van der Waals surface area contributed by atoms with Gasteiger partial charge in [-0.15, -0.1) is 12.4 Å². The SMILES string of the molecule is Cl.Nc1ccc2c(c1)CCCC2NC(=O)CCC1CCC1. The highest BCUT2D eigenvalue weighted by molar-refractivity contribution is 5.85. The molecular formula is C17H25ClN2O. The van der Waals surface area contributed by atoms with Gasteiger partial charge in [0.05, 0.1) is 6.04 Å². The highest BCUT2D eigenvalue weighted by Gasteiger charge is 2.23. The number of nitrogen functional groups attached to an aromatic ring is 1. The lowest BCUT2D eigenvalue weighted by Gasteiger charge is -2.28. The molecule has 4 heteroatoms. The molecule has 3 nitrogen and oxygen atoms in total. The van der Waals surface area contributed by atoms with Crippen molar-refractivity contribution in [1.29, 1.82) is 0 Å². The average molecular weight is 309 g/mol. The molecule has 21 heavy (non-hydrogen) atoms. The van der Waals surface area contributed by atoms with Gasteiger partial charge in [0.25, 0.3) is 0 Å². The van der Waals surface area contributed by atoms with Crippen molar-refractivity contribution in [3.8, 4) is 0 Å². The Bertz CT molecular complexity index is 500. The number of aryl methyl sites for hydroxylation is 1. The van der Waals surface area contributed by atoms with Crippen LogP contribution in [0.15, 0.2) is 18.2 Å². The Morgan fingerprint density at radius 2 is 2.05 bits per heavy atom. The first-order valence-electron chi connectivity index (χ1n) is 7.90. The molecule has 116 valence electrons. The third-order valence-electron chi connectivity index (χ3n) is 4.82. The second kappa shape index (κ2) is 7.17. The fourth-order valence-corrected chi connectivity index (χ4v) is 3.37. The lowest BCUT2D eigenvalue weighted by atomic mass is 9.82. The Morgan fingerprint density at radius 1 is 1.24 bits per heavy atom. The van der Waals surface area contributed by atoms with Gasteiger partial charge in [0.1, 0.15) is 0 Å². The molecule has 0 saturated heterocycles. The van der Waals surface area contributed by atoms with Gasteiger partial charge in [-0.3, -0.25) is 4.79 Å². The van der Waals surface area contributed by atoms with Gasteiger partial charge in [-0.05, 0) is 54.9 Å². The number of hydrogen-bond acceptors (Lipinski definition) is 2. The maximum Gasteiger partial charge on any atom is 0.220 e. The second-order valence-corrected chi connectivity index (χ2v) is 6.31. The third-order valence-corrected chi connectivity index (χ3v) is 4.82. The number of halogens is 1. The molecule has 1 atom stereocenters. The van der Waals surface area contributed by atoms with E-state index in [1.807, 2.05) is 6.07 Å². The molecule has 0 radical (unpaired) electrons. The average Bonchev–Trinajstić information content (AvgIpc) is 2.36. The molecule has 1 aromatic rings. The summed E-state index contributed by atoms with van der Waals surface area (Å²) < 4.78 is 0. The van der Waals surface area contributed by atoms with Crippen LogP contribution in [0.4, 0.5) is 5.69 Å².